The number of nitrogens with two attached hydrogens (primary N) is 1. The fourth-order valence-corrected chi connectivity index (χ4v) is 2.52. The Kier molecular flexibility index (Phi) is 4.70. The summed E-state index contributed by atoms with van der Waals surface area (Å²) in [6.07, 6.45) is 0. The molecule has 0 saturated carbocycles. The number of oxime groups is 1. The van der Waals surface area contributed by atoms with Crippen molar-refractivity contribution < 1.29 is 5.21 Å². The van der Waals surface area contributed by atoms with Crippen molar-refractivity contribution in [3.63, 3.8) is 0 Å². The van der Waals surface area contributed by atoms with Crippen LogP contribution in [0.2, 0.25) is 5.02 Å². The van der Waals surface area contributed by atoms with Crippen LogP contribution in [0.5, 0.6) is 0 Å². The van der Waals surface area contributed by atoms with Crippen LogP contribution in [0.1, 0.15) is 18.1 Å². The SMILES string of the molecule is CCN(c1cccc(C)c1)c1ccc(C(N)=NO)c(Cl)c1. The number of hydrogen-bond acceptors (Lipinski definition) is 3. The minimum atomic E-state index is 0.00477. The van der Waals surface area contributed by atoms with E-state index in [4.69, 9.17) is 22.5 Å². The molecule has 0 radical (unpaired) electrons. The molecule has 0 aliphatic carbocycles. The largest absolute Gasteiger partial charge is 0.409 e. The van der Waals surface area contributed by atoms with Crippen molar-refractivity contribution in [2.45, 2.75) is 13.8 Å². The van der Waals surface area contributed by atoms with Gasteiger partial charge in [-0.15, -0.1) is 0 Å². The number of anilines is 2. The Bertz CT molecular complexity index is 670. The van der Waals surface area contributed by atoms with Gasteiger partial charge >= 0.3 is 0 Å². The van der Waals surface area contributed by atoms with Crippen LogP contribution in [-0.4, -0.2) is 17.6 Å². The minimum absolute atomic E-state index is 0.00477. The lowest BCUT2D eigenvalue weighted by atomic mass is 10.1. The first-order valence-corrected chi connectivity index (χ1v) is 7.06. The Labute approximate surface area is 129 Å². The highest BCUT2D eigenvalue weighted by Gasteiger charge is 2.11. The summed E-state index contributed by atoms with van der Waals surface area (Å²) in [5.41, 5.74) is 9.37. The molecule has 0 spiro atoms. The highest BCUT2D eigenvalue weighted by Crippen LogP contribution is 2.29. The zero-order valence-electron chi connectivity index (χ0n) is 12.0. The van der Waals surface area contributed by atoms with Crippen molar-refractivity contribution in [3.8, 4) is 0 Å². The Balaban J connectivity index is 2.42. The van der Waals surface area contributed by atoms with Crippen LogP contribution >= 0.6 is 11.6 Å². The molecular formula is C16H18ClN3O. The average Bonchev–Trinajstić information content (AvgIpc) is 2.47. The zero-order chi connectivity index (χ0) is 15.4. The van der Waals surface area contributed by atoms with Crippen molar-refractivity contribution in [1.82, 2.24) is 0 Å². The van der Waals surface area contributed by atoms with Gasteiger partial charge in [0.2, 0.25) is 0 Å². The Morgan fingerprint density at radius 1 is 1.24 bits per heavy atom. The predicted molar refractivity (Wildman–Crippen MR) is 87.8 cm³/mol. The smallest absolute Gasteiger partial charge is 0.171 e. The summed E-state index contributed by atoms with van der Waals surface area (Å²) in [5.74, 6) is 0.00477. The summed E-state index contributed by atoms with van der Waals surface area (Å²) in [5, 5.41) is 12.2. The monoisotopic (exact) mass is 303 g/mol. The number of nitrogens with zero attached hydrogens (tertiary/aromatic N) is 2. The lowest BCUT2D eigenvalue weighted by molar-refractivity contribution is 0.318. The van der Waals surface area contributed by atoms with Gasteiger partial charge in [-0.3, -0.25) is 0 Å². The highest BCUT2D eigenvalue weighted by atomic mass is 35.5. The molecule has 2 aromatic carbocycles. The lowest BCUT2D eigenvalue weighted by Crippen LogP contribution is -2.17. The minimum Gasteiger partial charge on any atom is -0.409 e. The van der Waals surface area contributed by atoms with Crippen LogP contribution < -0.4 is 10.6 Å². The third kappa shape index (κ3) is 3.28. The van der Waals surface area contributed by atoms with Gasteiger partial charge in [0.15, 0.2) is 5.84 Å². The van der Waals surface area contributed by atoms with Gasteiger partial charge < -0.3 is 15.8 Å². The number of amidine groups is 1. The molecule has 2 rings (SSSR count). The second-order valence-electron chi connectivity index (χ2n) is 4.73. The molecule has 0 saturated heterocycles. The Morgan fingerprint density at radius 2 is 1.95 bits per heavy atom. The van der Waals surface area contributed by atoms with Gasteiger partial charge in [0.25, 0.3) is 0 Å². The van der Waals surface area contributed by atoms with Gasteiger partial charge in [0.05, 0.1) is 5.02 Å². The maximum absolute atomic E-state index is 8.74. The summed E-state index contributed by atoms with van der Waals surface area (Å²) >= 11 is 6.22. The van der Waals surface area contributed by atoms with Crippen LogP contribution in [0.15, 0.2) is 47.6 Å². The zero-order valence-corrected chi connectivity index (χ0v) is 12.8. The van der Waals surface area contributed by atoms with Gasteiger partial charge in [0, 0.05) is 23.5 Å². The van der Waals surface area contributed by atoms with Crippen molar-refractivity contribution >= 4 is 28.8 Å². The van der Waals surface area contributed by atoms with E-state index in [1.165, 1.54) is 5.56 Å². The summed E-state index contributed by atoms with van der Waals surface area (Å²) in [7, 11) is 0. The molecule has 3 N–H and O–H groups in total. The molecule has 4 nitrogen and oxygen atoms in total. The van der Waals surface area contributed by atoms with E-state index in [9.17, 15) is 0 Å². The molecule has 0 aromatic heterocycles. The average molecular weight is 304 g/mol. The molecule has 2 aromatic rings. The first-order chi connectivity index (χ1) is 10.1. The molecule has 0 aliphatic heterocycles. The number of hydrogen-bond donors (Lipinski definition) is 2. The van der Waals surface area contributed by atoms with E-state index in [-0.39, 0.29) is 5.84 Å². The fourth-order valence-electron chi connectivity index (χ4n) is 2.24. The van der Waals surface area contributed by atoms with Crippen molar-refractivity contribution in [2.24, 2.45) is 10.9 Å². The molecular weight excluding hydrogens is 286 g/mol. The standard InChI is InChI=1S/C16H18ClN3O/c1-3-20(12-6-4-5-11(2)9-12)13-7-8-14(15(17)10-13)16(18)19-21/h4-10,21H,3H2,1-2H3,(H2,18,19). The molecule has 0 bridgehead atoms. The molecule has 0 amide bonds. The van der Waals surface area contributed by atoms with Gasteiger partial charge in [-0.25, -0.2) is 0 Å². The summed E-state index contributed by atoms with van der Waals surface area (Å²) in [4.78, 5) is 2.15. The number of benzene rings is 2. The van der Waals surface area contributed by atoms with E-state index in [0.29, 0.717) is 10.6 Å². The first-order valence-electron chi connectivity index (χ1n) is 6.68. The third-order valence-electron chi connectivity index (χ3n) is 3.28. The van der Waals surface area contributed by atoms with E-state index < -0.39 is 0 Å². The molecule has 0 unspecified atom stereocenters. The third-order valence-corrected chi connectivity index (χ3v) is 3.59. The number of aryl methyl sites for hydroxylation is 1. The summed E-state index contributed by atoms with van der Waals surface area (Å²) in [6, 6.07) is 13.7. The Hall–Kier alpha value is -2.20. The normalized spacial score (nSPS) is 11.5. The van der Waals surface area contributed by atoms with Crippen molar-refractivity contribution in [2.75, 3.05) is 11.4 Å². The van der Waals surface area contributed by atoms with Crippen LogP contribution in [-0.2, 0) is 0 Å². The maximum atomic E-state index is 8.74. The van der Waals surface area contributed by atoms with E-state index in [1.54, 1.807) is 6.07 Å². The molecule has 0 aliphatic rings. The molecule has 5 heteroatoms. The van der Waals surface area contributed by atoms with Gasteiger partial charge in [0.1, 0.15) is 0 Å². The van der Waals surface area contributed by atoms with Crippen LogP contribution in [0.25, 0.3) is 0 Å². The summed E-state index contributed by atoms with van der Waals surface area (Å²) < 4.78 is 0. The van der Waals surface area contributed by atoms with E-state index in [1.807, 2.05) is 18.2 Å². The van der Waals surface area contributed by atoms with Gasteiger partial charge in [-0.2, -0.15) is 0 Å². The molecule has 0 fully saturated rings. The second-order valence-corrected chi connectivity index (χ2v) is 5.14. The molecule has 0 heterocycles. The van der Waals surface area contributed by atoms with Gasteiger partial charge in [-0.05, 0) is 49.7 Å². The number of halogens is 1. The quantitative estimate of drug-likeness (QED) is 0.390. The Morgan fingerprint density at radius 3 is 2.52 bits per heavy atom. The predicted octanol–water partition coefficient (Wildman–Crippen LogP) is 3.90. The van der Waals surface area contributed by atoms with Crippen LogP contribution in [0, 0.1) is 6.92 Å². The van der Waals surface area contributed by atoms with Crippen molar-refractivity contribution in [1.29, 1.82) is 0 Å². The fraction of sp³-hybridized carbons (Fsp3) is 0.188. The summed E-state index contributed by atoms with van der Waals surface area (Å²) in [6.45, 7) is 4.95. The van der Waals surface area contributed by atoms with Crippen LogP contribution in [0.3, 0.4) is 0 Å². The van der Waals surface area contributed by atoms with Gasteiger partial charge in [-0.1, -0.05) is 28.9 Å². The molecule has 110 valence electrons. The van der Waals surface area contributed by atoms with Crippen LogP contribution in [0.4, 0.5) is 11.4 Å². The second kappa shape index (κ2) is 6.50. The first kappa shape index (κ1) is 15.2. The van der Waals surface area contributed by atoms with E-state index in [2.05, 4.69) is 42.1 Å². The lowest BCUT2D eigenvalue weighted by Gasteiger charge is -2.24. The number of rotatable bonds is 4. The maximum Gasteiger partial charge on any atom is 0.171 e. The molecule has 0 atom stereocenters. The van der Waals surface area contributed by atoms with E-state index >= 15 is 0 Å². The van der Waals surface area contributed by atoms with E-state index in [0.717, 1.165) is 17.9 Å². The topological polar surface area (TPSA) is 61.8 Å². The highest BCUT2D eigenvalue weighted by molar-refractivity contribution is 6.34. The molecule has 21 heavy (non-hydrogen) atoms. The van der Waals surface area contributed by atoms with Crippen molar-refractivity contribution in [3.05, 3.63) is 58.6 Å².